The highest BCUT2D eigenvalue weighted by Gasteiger charge is 2.06. The van der Waals surface area contributed by atoms with Gasteiger partial charge in [-0.3, -0.25) is 4.99 Å². The third kappa shape index (κ3) is 2.08. The van der Waals surface area contributed by atoms with Gasteiger partial charge >= 0.3 is 0 Å². The minimum Gasteiger partial charge on any atom is -0.366 e. The fourth-order valence-electron chi connectivity index (χ4n) is 1.37. The molecule has 4 nitrogen and oxygen atoms in total. The average Bonchev–Trinajstić information content (AvgIpc) is 2.71. The molecule has 1 aromatic rings. The molecule has 13 heavy (non-hydrogen) atoms. The van der Waals surface area contributed by atoms with Gasteiger partial charge in [0.15, 0.2) is 5.76 Å². The minimum atomic E-state index is 0.694. The van der Waals surface area contributed by atoms with E-state index < -0.39 is 0 Å². The summed E-state index contributed by atoms with van der Waals surface area (Å²) in [5.41, 5.74) is 0.921. The van der Waals surface area contributed by atoms with E-state index in [0.29, 0.717) is 6.54 Å². The topological polar surface area (TPSA) is 50.4 Å². The van der Waals surface area contributed by atoms with Crippen LogP contribution in [0.5, 0.6) is 0 Å². The lowest BCUT2D eigenvalue weighted by Crippen LogP contribution is -2.20. The Morgan fingerprint density at radius 1 is 1.62 bits per heavy atom. The number of hydrogen-bond acceptors (Lipinski definition) is 4. The fraction of sp³-hybridized carbons (Fsp3) is 0.556. The highest BCUT2D eigenvalue weighted by molar-refractivity contribution is 5.83. The Labute approximate surface area is 77.0 Å². The quantitative estimate of drug-likeness (QED) is 0.743. The van der Waals surface area contributed by atoms with E-state index in [1.807, 2.05) is 13.0 Å². The second kappa shape index (κ2) is 3.60. The Kier molecular flexibility index (Phi) is 2.29. The number of nitrogens with one attached hydrogen (secondary N) is 1. The van der Waals surface area contributed by atoms with Crippen LogP contribution in [0.3, 0.4) is 0 Å². The van der Waals surface area contributed by atoms with Gasteiger partial charge in [0.05, 0.1) is 18.1 Å². The van der Waals surface area contributed by atoms with Gasteiger partial charge in [-0.2, -0.15) is 0 Å². The van der Waals surface area contributed by atoms with Gasteiger partial charge in [-0.05, 0) is 13.3 Å². The molecule has 0 radical (unpaired) electrons. The van der Waals surface area contributed by atoms with Gasteiger partial charge < -0.3 is 9.84 Å². The molecule has 2 rings (SSSR count). The van der Waals surface area contributed by atoms with E-state index in [9.17, 15) is 0 Å². The van der Waals surface area contributed by atoms with Crippen molar-refractivity contribution < 1.29 is 4.52 Å². The molecule has 0 unspecified atom stereocenters. The van der Waals surface area contributed by atoms with Gasteiger partial charge in [0.1, 0.15) is 0 Å². The van der Waals surface area contributed by atoms with Crippen LogP contribution in [0, 0.1) is 6.92 Å². The zero-order valence-corrected chi connectivity index (χ0v) is 7.71. The van der Waals surface area contributed by atoms with Gasteiger partial charge in [-0.25, -0.2) is 0 Å². The summed E-state index contributed by atoms with van der Waals surface area (Å²) < 4.78 is 5.06. The van der Waals surface area contributed by atoms with Crippen LogP contribution >= 0.6 is 0 Å². The van der Waals surface area contributed by atoms with Crippen LogP contribution in [0.2, 0.25) is 0 Å². The monoisotopic (exact) mass is 179 g/mol. The minimum absolute atomic E-state index is 0.694. The van der Waals surface area contributed by atoms with Crippen LogP contribution < -0.4 is 5.32 Å². The molecule has 0 bridgehead atoms. The van der Waals surface area contributed by atoms with Crippen molar-refractivity contribution in [2.75, 3.05) is 6.54 Å². The summed E-state index contributed by atoms with van der Waals surface area (Å²) in [7, 11) is 0. The third-order valence-corrected chi connectivity index (χ3v) is 2.02. The lowest BCUT2D eigenvalue weighted by Gasteiger charge is -2.00. The second-order valence-electron chi connectivity index (χ2n) is 3.22. The highest BCUT2D eigenvalue weighted by atomic mass is 16.5. The van der Waals surface area contributed by atoms with Gasteiger partial charge in [-0.1, -0.05) is 5.16 Å². The molecule has 0 amide bonds. The predicted octanol–water partition coefficient (Wildman–Crippen LogP) is 1.26. The van der Waals surface area contributed by atoms with E-state index in [1.54, 1.807) is 0 Å². The lowest BCUT2D eigenvalue weighted by atomic mass is 10.3. The molecule has 0 fully saturated rings. The van der Waals surface area contributed by atoms with Crippen LogP contribution in [0.1, 0.15) is 24.3 Å². The van der Waals surface area contributed by atoms with E-state index in [4.69, 9.17) is 4.52 Å². The van der Waals surface area contributed by atoms with Crippen molar-refractivity contribution in [3.05, 3.63) is 17.5 Å². The maximum absolute atomic E-state index is 5.06. The fourth-order valence-corrected chi connectivity index (χ4v) is 1.37. The zero-order valence-electron chi connectivity index (χ0n) is 7.71. The molecule has 0 saturated heterocycles. The summed E-state index contributed by atoms with van der Waals surface area (Å²) in [4.78, 5) is 4.30. The molecular formula is C9H13N3O. The summed E-state index contributed by atoms with van der Waals surface area (Å²) >= 11 is 0. The van der Waals surface area contributed by atoms with E-state index in [1.165, 1.54) is 0 Å². The second-order valence-corrected chi connectivity index (χ2v) is 3.22. The Morgan fingerprint density at radius 3 is 3.15 bits per heavy atom. The molecule has 2 heterocycles. The molecule has 1 aliphatic rings. The Morgan fingerprint density at radius 2 is 2.54 bits per heavy atom. The highest BCUT2D eigenvalue weighted by Crippen LogP contribution is 2.04. The smallest absolute Gasteiger partial charge is 0.156 e. The summed E-state index contributed by atoms with van der Waals surface area (Å²) in [6, 6.07) is 1.93. The third-order valence-electron chi connectivity index (χ3n) is 2.02. The van der Waals surface area contributed by atoms with Crippen LogP contribution in [-0.2, 0) is 6.54 Å². The maximum atomic E-state index is 5.06. The zero-order chi connectivity index (χ0) is 9.10. The number of amidine groups is 1. The Balaban J connectivity index is 1.85. The number of aliphatic imine (C=N–C) groups is 1. The molecule has 4 heteroatoms. The number of aromatic nitrogens is 1. The molecule has 1 N–H and O–H groups in total. The standard InChI is InChI=1S/C9H13N3O/c1-7-5-8(13-12-7)6-11-9-3-2-4-10-9/h5H,2-4,6H2,1H3,(H,10,11). The van der Waals surface area contributed by atoms with Crippen molar-refractivity contribution in [1.82, 2.24) is 10.5 Å². The van der Waals surface area contributed by atoms with Crippen LogP contribution in [-0.4, -0.2) is 17.5 Å². The molecule has 0 atom stereocenters. The molecule has 0 aromatic carbocycles. The molecule has 0 aliphatic carbocycles. The largest absolute Gasteiger partial charge is 0.366 e. The van der Waals surface area contributed by atoms with Crippen molar-refractivity contribution in [3.8, 4) is 0 Å². The van der Waals surface area contributed by atoms with Crippen molar-refractivity contribution in [1.29, 1.82) is 0 Å². The lowest BCUT2D eigenvalue weighted by molar-refractivity contribution is 0.377. The van der Waals surface area contributed by atoms with E-state index >= 15 is 0 Å². The first kappa shape index (κ1) is 8.29. The number of hydrogen-bond donors (Lipinski definition) is 1. The maximum Gasteiger partial charge on any atom is 0.156 e. The van der Waals surface area contributed by atoms with E-state index in [0.717, 1.165) is 36.7 Å². The SMILES string of the molecule is Cc1cc(CNC2=NCCC2)on1. The van der Waals surface area contributed by atoms with Gasteiger partial charge in [0, 0.05) is 19.0 Å². The summed E-state index contributed by atoms with van der Waals surface area (Å²) in [5, 5.41) is 7.03. The van der Waals surface area contributed by atoms with Crippen molar-refractivity contribution in [2.24, 2.45) is 4.99 Å². The first-order valence-corrected chi connectivity index (χ1v) is 4.54. The molecule has 1 aliphatic heterocycles. The normalized spacial score (nSPS) is 15.9. The van der Waals surface area contributed by atoms with Crippen LogP contribution in [0.25, 0.3) is 0 Å². The van der Waals surface area contributed by atoms with E-state index in [-0.39, 0.29) is 0 Å². The molecule has 0 saturated carbocycles. The predicted molar refractivity (Wildman–Crippen MR) is 49.6 cm³/mol. The number of nitrogens with zero attached hydrogens (tertiary/aromatic N) is 2. The first-order chi connectivity index (χ1) is 6.34. The van der Waals surface area contributed by atoms with Crippen LogP contribution in [0.4, 0.5) is 0 Å². The van der Waals surface area contributed by atoms with Gasteiger partial charge in [-0.15, -0.1) is 0 Å². The number of aryl methyl sites for hydroxylation is 1. The number of rotatable bonds is 2. The molecular weight excluding hydrogens is 166 g/mol. The van der Waals surface area contributed by atoms with E-state index in [2.05, 4.69) is 15.5 Å². The first-order valence-electron chi connectivity index (χ1n) is 4.54. The summed E-state index contributed by atoms with van der Waals surface area (Å²) in [5.74, 6) is 1.96. The van der Waals surface area contributed by atoms with Crippen molar-refractivity contribution in [3.63, 3.8) is 0 Å². The average molecular weight is 179 g/mol. The van der Waals surface area contributed by atoms with Gasteiger partial charge in [0.2, 0.25) is 0 Å². The Hall–Kier alpha value is -1.32. The van der Waals surface area contributed by atoms with Gasteiger partial charge in [0.25, 0.3) is 0 Å². The Bertz CT molecular complexity index is 316. The van der Waals surface area contributed by atoms with Crippen LogP contribution in [0.15, 0.2) is 15.6 Å². The summed E-state index contributed by atoms with van der Waals surface area (Å²) in [6.45, 7) is 3.57. The van der Waals surface area contributed by atoms with Crippen molar-refractivity contribution >= 4 is 5.84 Å². The molecule has 0 spiro atoms. The molecule has 70 valence electrons. The summed E-state index contributed by atoms with van der Waals surface area (Å²) in [6.07, 6.45) is 2.23. The van der Waals surface area contributed by atoms with Crippen molar-refractivity contribution in [2.45, 2.75) is 26.3 Å². The molecule has 1 aromatic heterocycles.